The first-order chi connectivity index (χ1) is 12.2. The molecule has 0 atom stereocenters. The van der Waals surface area contributed by atoms with Crippen molar-refractivity contribution in [2.24, 2.45) is 0 Å². The van der Waals surface area contributed by atoms with E-state index in [4.69, 9.17) is 4.74 Å². The van der Waals surface area contributed by atoms with E-state index in [-0.39, 0.29) is 18.0 Å². The molecule has 0 saturated carbocycles. The molecule has 0 amide bonds. The molecule has 0 N–H and O–H groups in total. The van der Waals surface area contributed by atoms with Gasteiger partial charge in [-0.3, -0.25) is 4.79 Å². The van der Waals surface area contributed by atoms with E-state index < -0.39 is 16.0 Å². The van der Waals surface area contributed by atoms with Crippen LogP contribution in [0.15, 0.2) is 53.4 Å². The maximum Gasteiger partial charge on any atom is 0.321 e. The largest absolute Gasteiger partial charge is 0.460 e. The molecule has 0 spiro atoms. The fourth-order valence-electron chi connectivity index (χ4n) is 2.37. The van der Waals surface area contributed by atoms with E-state index >= 15 is 0 Å². The highest BCUT2D eigenvalue weighted by Gasteiger charge is 2.23. The molecule has 0 aliphatic heterocycles. The summed E-state index contributed by atoms with van der Waals surface area (Å²) in [6, 6.07) is 14.3. The Labute approximate surface area is 155 Å². The van der Waals surface area contributed by atoms with Gasteiger partial charge in [-0.05, 0) is 36.1 Å². The quantitative estimate of drug-likeness (QED) is 0.695. The third-order valence-electron chi connectivity index (χ3n) is 4.13. The maximum atomic E-state index is 12.5. The molecule has 140 valence electrons. The van der Waals surface area contributed by atoms with E-state index in [2.05, 4.69) is 13.8 Å². The van der Waals surface area contributed by atoms with Crippen molar-refractivity contribution in [2.75, 3.05) is 13.6 Å². The predicted octanol–water partition coefficient (Wildman–Crippen LogP) is 3.48. The highest BCUT2D eigenvalue weighted by atomic mass is 32.2. The minimum absolute atomic E-state index is 0.121. The number of esters is 1. The van der Waals surface area contributed by atoms with Gasteiger partial charge in [0.05, 0.1) is 4.90 Å². The number of hydrogen-bond donors (Lipinski definition) is 0. The Morgan fingerprint density at radius 1 is 1.04 bits per heavy atom. The Morgan fingerprint density at radius 2 is 1.62 bits per heavy atom. The number of carbonyl (C=O) groups excluding carboxylic acids is 1. The van der Waals surface area contributed by atoms with E-state index in [1.54, 1.807) is 12.1 Å². The summed E-state index contributed by atoms with van der Waals surface area (Å²) in [6.07, 6.45) is 0. The lowest BCUT2D eigenvalue weighted by Gasteiger charge is -2.16. The van der Waals surface area contributed by atoms with Gasteiger partial charge in [0.2, 0.25) is 10.0 Å². The van der Waals surface area contributed by atoms with E-state index in [9.17, 15) is 13.2 Å². The van der Waals surface area contributed by atoms with Crippen LogP contribution in [0.1, 0.15) is 36.5 Å². The Balaban J connectivity index is 1.93. The zero-order chi connectivity index (χ0) is 19.3. The number of nitrogens with zero attached hydrogens (tertiary/aromatic N) is 1. The molecule has 2 aromatic carbocycles. The summed E-state index contributed by atoms with van der Waals surface area (Å²) in [4.78, 5) is 12.2. The van der Waals surface area contributed by atoms with Crippen LogP contribution in [0.5, 0.6) is 0 Å². The second kappa shape index (κ2) is 8.47. The molecule has 0 fully saturated rings. The normalized spacial score (nSPS) is 11.8. The molecule has 0 heterocycles. The van der Waals surface area contributed by atoms with Gasteiger partial charge in [-0.2, -0.15) is 4.31 Å². The Bertz CT molecular complexity index is 840. The second-order valence-corrected chi connectivity index (χ2v) is 8.68. The minimum atomic E-state index is -3.72. The van der Waals surface area contributed by atoms with Crippen molar-refractivity contribution >= 4 is 16.0 Å². The monoisotopic (exact) mass is 375 g/mol. The Morgan fingerprint density at radius 3 is 2.15 bits per heavy atom. The zero-order valence-electron chi connectivity index (χ0n) is 15.6. The van der Waals surface area contributed by atoms with Gasteiger partial charge in [-0.25, -0.2) is 8.42 Å². The van der Waals surface area contributed by atoms with Crippen LogP contribution in [-0.2, 0) is 26.2 Å². The number of benzene rings is 2. The van der Waals surface area contributed by atoms with Crippen molar-refractivity contribution in [1.29, 1.82) is 0 Å². The molecule has 0 radical (unpaired) electrons. The summed E-state index contributed by atoms with van der Waals surface area (Å²) in [5.41, 5.74) is 3.05. The number of sulfonamides is 1. The van der Waals surface area contributed by atoms with Crippen LogP contribution in [-0.4, -0.2) is 32.3 Å². The summed E-state index contributed by atoms with van der Waals surface area (Å²) in [6.45, 7) is 5.89. The van der Waals surface area contributed by atoms with Crippen molar-refractivity contribution in [3.05, 3.63) is 65.2 Å². The van der Waals surface area contributed by atoms with Crippen LogP contribution in [0, 0.1) is 6.92 Å². The average molecular weight is 375 g/mol. The molecule has 26 heavy (non-hydrogen) atoms. The van der Waals surface area contributed by atoms with Gasteiger partial charge < -0.3 is 4.74 Å². The lowest BCUT2D eigenvalue weighted by atomic mass is 10.0. The molecule has 0 aliphatic carbocycles. The Kier molecular flexibility index (Phi) is 6.56. The molecule has 0 aromatic heterocycles. The minimum Gasteiger partial charge on any atom is -0.460 e. The first-order valence-corrected chi connectivity index (χ1v) is 9.91. The van der Waals surface area contributed by atoms with Crippen molar-refractivity contribution in [2.45, 2.75) is 38.2 Å². The molecule has 0 saturated heterocycles. The standard InChI is InChI=1S/C20H25NO4S/c1-15(2)18-9-7-17(8-10-18)14-25-20(22)13-21(4)26(23,24)19-11-5-16(3)6-12-19/h5-12,15H,13-14H2,1-4H3. The summed E-state index contributed by atoms with van der Waals surface area (Å²) < 4.78 is 31.2. The van der Waals surface area contributed by atoms with Crippen LogP contribution >= 0.6 is 0 Å². The van der Waals surface area contributed by atoms with Crippen LogP contribution in [0.2, 0.25) is 0 Å². The third-order valence-corrected chi connectivity index (χ3v) is 5.94. The Hall–Kier alpha value is -2.18. The van der Waals surface area contributed by atoms with Gasteiger partial charge >= 0.3 is 5.97 Å². The lowest BCUT2D eigenvalue weighted by molar-refractivity contribution is -0.144. The molecule has 2 rings (SSSR count). The fraction of sp³-hybridized carbons (Fsp3) is 0.350. The molecule has 2 aromatic rings. The van der Waals surface area contributed by atoms with Crippen LogP contribution in [0.4, 0.5) is 0 Å². The van der Waals surface area contributed by atoms with Gasteiger partial charge in [0.1, 0.15) is 13.2 Å². The first kappa shape index (κ1) is 20.1. The third kappa shape index (κ3) is 5.16. The smallest absolute Gasteiger partial charge is 0.321 e. The summed E-state index contributed by atoms with van der Waals surface area (Å²) in [7, 11) is -2.35. The van der Waals surface area contributed by atoms with E-state index in [0.29, 0.717) is 5.92 Å². The van der Waals surface area contributed by atoms with Gasteiger partial charge in [-0.15, -0.1) is 0 Å². The molecule has 6 heteroatoms. The fourth-order valence-corrected chi connectivity index (χ4v) is 3.48. The highest BCUT2D eigenvalue weighted by molar-refractivity contribution is 7.89. The summed E-state index contributed by atoms with van der Waals surface area (Å²) in [5, 5.41) is 0. The number of likely N-dealkylation sites (N-methyl/N-ethyl adjacent to an activating group) is 1. The van der Waals surface area contributed by atoms with Gasteiger partial charge in [0.15, 0.2) is 0 Å². The highest BCUT2D eigenvalue weighted by Crippen LogP contribution is 2.16. The van der Waals surface area contributed by atoms with E-state index in [1.165, 1.54) is 24.7 Å². The molecular formula is C20H25NO4S. The van der Waals surface area contributed by atoms with Crippen LogP contribution in [0.3, 0.4) is 0 Å². The molecule has 0 bridgehead atoms. The van der Waals surface area contributed by atoms with Crippen molar-refractivity contribution in [3.8, 4) is 0 Å². The number of ether oxygens (including phenoxy) is 1. The van der Waals surface area contributed by atoms with Crippen LogP contribution < -0.4 is 0 Å². The summed E-state index contributed by atoms with van der Waals surface area (Å²) >= 11 is 0. The van der Waals surface area contributed by atoms with E-state index in [0.717, 1.165) is 15.4 Å². The number of hydrogen-bond acceptors (Lipinski definition) is 4. The summed E-state index contributed by atoms with van der Waals surface area (Å²) in [5.74, 6) is -0.150. The van der Waals surface area contributed by atoms with Crippen LogP contribution in [0.25, 0.3) is 0 Å². The molecular weight excluding hydrogens is 350 g/mol. The number of rotatable bonds is 7. The maximum absolute atomic E-state index is 12.5. The zero-order valence-corrected chi connectivity index (χ0v) is 16.4. The van der Waals surface area contributed by atoms with Gasteiger partial charge in [-0.1, -0.05) is 55.8 Å². The average Bonchev–Trinajstić information content (AvgIpc) is 2.60. The SMILES string of the molecule is Cc1ccc(S(=O)(=O)N(C)CC(=O)OCc2ccc(C(C)C)cc2)cc1. The number of aryl methyl sites for hydroxylation is 1. The van der Waals surface area contributed by atoms with Crippen molar-refractivity contribution in [1.82, 2.24) is 4.31 Å². The second-order valence-electron chi connectivity index (χ2n) is 6.63. The lowest BCUT2D eigenvalue weighted by Crippen LogP contribution is -2.33. The van der Waals surface area contributed by atoms with Crippen molar-refractivity contribution < 1.29 is 17.9 Å². The molecule has 0 aliphatic rings. The predicted molar refractivity (Wildman–Crippen MR) is 101 cm³/mol. The van der Waals surface area contributed by atoms with E-state index in [1.807, 2.05) is 31.2 Å². The molecule has 0 unspecified atom stereocenters. The first-order valence-electron chi connectivity index (χ1n) is 8.47. The topological polar surface area (TPSA) is 63.7 Å². The van der Waals surface area contributed by atoms with Gasteiger partial charge in [0, 0.05) is 7.05 Å². The number of carbonyl (C=O) groups is 1. The molecule has 5 nitrogen and oxygen atoms in total. The van der Waals surface area contributed by atoms with Crippen molar-refractivity contribution in [3.63, 3.8) is 0 Å². The van der Waals surface area contributed by atoms with Gasteiger partial charge in [0.25, 0.3) is 0 Å².